The van der Waals surface area contributed by atoms with E-state index in [1.54, 1.807) is 0 Å². The molecular formula is C23H31N3O2. The number of aromatic nitrogens is 2. The lowest BCUT2D eigenvalue weighted by Crippen LogP contribution is -2.29. The van der Waals surface area contributed by atoms with Crippen LogP contribution in [0, 0.1) is 0 Å². The molecule has 0 bridgehead atoms. The highest BCUT2D eigenvalue weighted by Gasteiger charge is 2.35. The van der Waals surface area contributed by atoms with Gasteiger partial charge in [0.05, 0.1) is 5.56 Å². The van der Waals surface area contributed by atoms with Crippen molar-refractivity contribution in [3.63, 3.8) is 0 Å². The molecule has 5 nitrogen and oxygen atoms in total. The zero-order valence-corrected chi connectivity index (χ0v) is 18.0. The van der Waals surface area contributed by atoms with E-state index in [0.717, 1.165) is 18.5 Å². The molecule has 0 unspecified atom stereocenters. The fourth-order valence-corrected chi connectivity index (χ4v) is 3.92. The Kier molecular flexibility index (Phi) is 4.98. The number of nitrogens with zero attached hydrogens (tertiary/aromatic N) is 3. The van der Waals surface area contributed by atoms with Crippen LogP contribution in [0.3, 0.4) is 0 Å². The van der Waals surface area contributed by atoms with Crippen LogP contribution in [0.25, 0.3) is 0 Å². The molecule has 0 spiro atoms. The van der Waals surface area contributed by atoms with Gasteiger partial charge in [0.2, 0.25) is 5.95 Å². The number of benzene rings is 1. The summed E-state index contributed by atoms with van der Waals surface area (Å²) in [5.41, 5.74) is 5.47. The first-order chi connectivity index (χ1) is 12.9. The Labute approximate surface area is 167 Å². The van der Waals surface area contributed by atoms with Crippen LogP contribution in [0.5, 0.6) is 0 Å². The Morgan fingerprint density at radius 1 is 1.18 bits per heavy atom. The number of carbonyl (C=O) groups is 1. The molecule has 0 saturated heterocycles. The van der Waals surface area contributed by atoms with Crippen molar-refractivity contribution in [3.8, 4) is 0 Å². The van der Waals surface area contributed by atoms with Crippen LogP contribution in [-0.2, 0) is 17.3 Å². The maximum atomic E-state index is 11.2. The monoisotopic (exact) mass is 381 g/mol. The molecule has 5 heteroatoms. The highest BCUT2D eigenvalue weighted by molar-refractivity contribution is 5.87. The molecule has 0 amide bonds. The van der Waals surface area contributed by atoms with Gasteiger partial charge in [0.15, 0.2) is 0 Å². The van der Waals surface area contributed by atoms with E-state index in [0.29, 0.717) is 5.95 Å². The standard InChI is InChI=1S/C23H31N3O2/c1-14(2)26(21-24-12-15(13-25-21)20(27)28)19-11-16(22(3,4)5)10-18-17(19)8-9-23(18,6)7/h10-14H,8-9H2,1-7H3,(H,27,28). The van der Waals surface area contributed by atoms with Crippen LogP contribution in [0.2, 0.25) is 0 Å². The summed E-state index contributed by atoms with van der Waals surface area (Å²) in [4.78, 5) is 22.1. The van der Waals surface area contributed by atoms with E-state index in [-0.39, 0.29) is 22.4 Å². The second-order valence-corrected chi connectivity index (χ2v) is 9.70. The smallest absolute Gasteiger partial charge is 0.338 e. The topological polar surface area (TPSA) is 66.3 Å². The van der Waals surface area contributed by atoms with Crippen LogP contribution < -0.4 is 4.90 Å². The molecule has 1 aliphatic rings. The van der Waals surface area contributed by atoms with Crippen molar-refractivity contribution in [3.05, 3.63) is 46.8 Å². The van der Waals surface area contributed by atoms with Gasteiger partial charge >= 0.3 is 5.97 Å². The van der Waals surface area contributed by atoms with E-state index in [1.165, 1.54) is 29.1 Å². The van der Waals surface area contributed by atoms with Crippen LogP contribution >= 0.6 is 0 Å². The van der Waals surface area contributed by atoms with Gasteiger partial charge in [0, 0.05) is 24.1 Å². The number of rotatable bonds is 4. The van der Waals surface area contributed by atoms with Crippen molar-refractivity contribution < 1.29 is 9.90 Å². The van der Waals surface area contributed by atoms with Gasteiger partial charge in [-0.3, -0.25) is 0 Å². The first-order valence-electron chi connectivity index (χ1n) is 9.94. The third-order valence-corrected chi connectivity index (χ3v) is 5.70. The van der Waals surface area contributed by atoms with Gasteiger partial charge in [-0.15, -0.1) is 0 Å². The molecule has 150 valence electrons. The molecule has 28 heavy (non-hydrogen) atoms. The number of fused-ring (bicyclic) bond motifs is 1. The van der Waals surface area contributed by atoms with Crippen molar-refractivity contribution in [2.45, 2.75) is 78.2 Å². The summed E-state index contributed by atoms with van der Waals surface area (Å²) in [7, 11) is 0. The fourth-order valence-electron chi connectivity index (χ4n) is 3.92. The van der Waals surface area contributed by atoms with Crippen molar-refractivity contribution in [1.29, 1.82) is 0 Å². The van der Waals surface area contributed by atoms with Gasteiger partial charge in [-0.1, -0.05) is 40.7 Å². The number of aromatic carboxylic acids is 1. The molecule has 3 rings (SSSR count). The van der Waals surface area contributed by atoms with Crippen LogP contribution in [0.4, 0.5) is 11.6 Å². The second kappa shape index (κ2) is 6.87. The molecule has 0 atom stereocenters. The molecule has 0 aliphatic heterocycles. The Morgan fingerprint density at radius 3 is 2.29 bits per heavy atom. The number of carboxylic acids is 1. The minimum absolute atomic E-state index is 0.0269. The highest BCUT2D eigenvalue weighted by Crippen LogP contribution is 2.46. The number of carboxylic acid groups (broad SMARTS) is 1. The van der Waals surface area contributed by atoms with E-state index < -0.39 is 5.97 Å². The predicted octanol–water partition coefficient (Wildman–Crippen LogP) is 5.24. The summed E-state index contributed by atoms with van der Waals surface area (Å²) in [6.45, 7) is 15.6. The zero-order chi connectivity index (χ0) is 20.9. The molecule has 0 fully saturated rings. The predicted molar refractivity (Wildman–Crippen MR) is 113 cm³/mol. The number of hydrogen-bond acceptors (Lipinski definition) is 4. The van der Waals surface area contributed by atoms with Crippen molar-refractivity contribution in [1.82, 2.24) is 9.97 Å². The van der Waals surface area contributed by atoms with E-state index in [2.05, 4.69) is 75.5 Å². The Morgan fingerprint density at radius 2 is 1.79 bits per heavy atom. The molecule has 1 heterocycles. The van der Waals surface area contributed by atoms with Gasteiger partial charge in [-0.25, -0.2) is 14.8 Å². The van der Waals surface area contributed by atoms with Gasteiger partial charge < -0.3 is 10.0 Å². The third kappa shape index (κ3) is 3.62. The number of hydrogen-bond donors (Lipinski definition) is 1. The minimum Gasteiger partial charge on any atom is -0.478 e. The Hall–Kier alpha value is -2.43. The van der Waals surface area contributed by atoms with E-state index in [9.17, 15) is 4.79 Å². The number of anilines is 2. The molecular weight excluding hydrogens is 350 g/mol. The van der Waals surface area contributed by atoms with Crippen LogP contribution in [-0.4, -0.2) is 27.1 Å². The fraction of sp³-hybridized carbons (Fsp3) is 0.522. The Balaban J connectivity index is 2.21. The van der Waals surface area contributed by atoms with Gasteiger partial charge in [0.25, 0.3) is 0 Å². The molecule has 1 aromatic carbocycles. The maximum absolute atomic E-state index is 11.2. The SMILES string of the molecule is CC(C)N(c1ncc(C(=O)O)cn1)c1cc(C(C)(C)C)cc2c1CCC2(C)C. The van der Waals surface area contributed by atoms with E-state index >= 15 is 0 Å². The van der Waals surface area contributed by atoms with Gasteiger partial charge in [-0.2, -0.15) is 0 Å². The normalized spacial score (nSPS) is 15.6. The lowest BCUT2D eigenvalue weighted by Gasteiger charge is -2.32. The maximum Gasteiger partial charge on any atom is 0.338 e. The average Bonchev–Trinajstić information content (AvgIpc) is 2.90. The van der Waals surface area contributed by atoms with Crippen molar-refractivity contribution >= 4 is 17.6 Å². The molecule has 0 radical (unpaired) electrons. The van der Waals surface area contributed by atoms with E-state index in [4.69, 9.17) is 5.11 Å². The average molecular weight is 382 g/mol. The quantitative estimate of drug-likeness (QED) is 0.784. The van der Waals surface area contributed by atoms with Gasteiger partial charge in [0.1, 0.15) is 0 Å². The molecule has 0 saturated carbocycles. The van der Waals surface area contributed by atoms with Crippen LogP contribution in [0.1, 0.15) is 81.9 Å². The van der Waals surface area contributed by atoms with Gasteiger partial charge in [-0.05, 0) is 60.3 Å². The molecule has 1 aliphatic carbocycles. The lowest BCUT2D eigenvalue weighted by molar-refractivity contribution is 0.0696. The molecule has 2 aromatic rings. The zero-order valence-electron chi connectivity index (χ0n) is 18.0. The summed E-state index contributed by atoms with van der Waals surface area (Å²) < 4.78 is 0. The lowest BCUT2D eigenvalue weighted by atomic mass is 9.80. The minimum atomic E-state index is -1.01. The summed E-state index contributed by atoms with van der Waals surface area (Å²) in [6, 6.07) is 4.78. The largest absolute Gasteiger partial charge is 0.478 e. The summed E-state index contributed by atoms with van der Waals surface area (Å²) in [6.07, 6.45) is 4.92. The molecule has 1 N–H and O–H groups in total. The summed E-state index contributed by atoms with van der Waals surface area (Å²) >= 11 is 0. The first-order valence-corrected chi connectivity index (χ1v) is 9.94. The molecule has 1 aromatic heterocycles. The van der Waals surface area contributed by atoms with Crippen LogP contribution in [0.15, 0.2) is 24.5 Å². The Bertz CT molecular complexity index is 893. The summed E-state index contributed by atoms with van der Waals surface area (Å²) in [5.74, 6) is -0.474. The van der Waals surface area contributed by atoms with E-state index in [1.807, 2.05) is 0 Å². The highest BCUT2D eigenvalue weighted by atomic mass is 16.4. The first kappa shape index (κ1) is 20.3. The van der Waals surface area contributed by atoms with Crippen molar-refractivity contribution in [2.24, 2.45) is 0 Å². The second-order valence-electron chi connectivity index (χ2n) is 9.70. The van der Waals surface area contributed by atoms with Crippen molar-refractivity contribution in [2.75, 3.05) is 4.90 Å². The summed E-state index contributed by atoms with van der Waals surface area (Å²) in [5, 5.41) is 9.16. The third-order valence-electron chi connectivity index (χ3n) is 5.70.